The minimum absolute atomic E-state index is 0.121. The highest BCUT2D eigenvalue weighted by Gasteiger charge is 1.98. The van der Waals surface area contributed by atoms with Crippen molar-refractivity contribution in [1.82, 2.24) is 0 Å². The maximum atomic E-state index is 6.95. The Bertz CT molecular complexity index is 261. The van der Waals surface area contributed by atoms with Crippen LogP contribution in [0.15, 0.2) is 24.3 Å². The molecule has 0 spiro atoms. The predicted molar refractivity (Wildman–Crippen MR) is 46.7 cm³/mol. The monoisotopic (exact) mass is 143 g/mol. The molecular weight excluding hydrogens is 132 g/mol. The third kappa shape index (κ3) is 1.85. The molecule has 11 heavy (non-hydrogen) atoms. The van der Waals surface area contributed by atoms with Crippen LogP contribution in [-0.4, -0.2) is 0 Å². The van der Waals surface area contributed by atoms with Crippen LogP contribution in [0.1, 0.15) is 24.0 Å². The average molecular weight is 143 g/mol. The van der Waals surface area contributed by atoms with Gasteiger partial charge in [-0.2, -0.15) is 0 Å². The Hall–Kier alpha value is -1.22. The Morgan fingerprint density at radius 3 is 2.27 bits per heavy atom. The molecule has 0 fully saturated rings. The van der Waals surface area contributed by atoms with Crippen molar-refractivity contribution in [1.29, 1.82) is 0 Å². The lowest BCUT2D eigenvalue weighted by molar-refractivity contribution is 1.00. The molecule has 0 heteroatoms. The molecule has 1 atom stereocenters. The van der Waals surface area contributed by atoms with Crippen LogP contribution < -0.4 is 0 Å². The van der Waals surface area contributed by atoms with Crippen LogP contribution in [0.2, 0.25) is 0 Å². The minimum atomic E-state index is 0.121. The molecule has 0 N–H and O–H groups in total. The van der Waals surface area contributed by atoms with Crippen molar-refractivity contribution in [3.05, 3.63) is 41.8 Å². The summed E-state index contributed by atoms with van der Waals surface area (Å²) in [6.45, 7) is 4.03. The van der Waals surface area contributed by atoms with E-state index in [0.717, 1.165) is 5.56 Å². The van der Waals surface area contributed by atoms with Gasteiger partial charge in [-0.15, -0.1) is 0 Å². The summed E-state index contributed by atoms with van der Waals surface area (Å²) >= 11 is 0. The summed E-state index contributed by atoms with van der Waals surface area (Å²) in [4.78, 5) is 0. The Balaban J connectivity index is 2.92. The molecule has 1 aromatic carbocycles. The van der Waals surface area contributed by atoms with E-state index in [1.165, 1.54) is 5.56 Å². The van der Waals surface area contributed by atoms with Crippen LogP contribution in [0.4, 0.5) is 0 Å². The molecule has 0 aliphatic carbocycles. The Labute approximate surface area is 68.3 Å². The van der Waals surface area contributed by atoms with Gasteiger partial charge in [0.05, 0.1) is 0 Å². The van der Waals surface area contributed by atoms with Crippen molar-refractivity contribution < 1.29 is 0 Å². The van der Waals surface area contributed by atoms with E-state index in [1.54, 1.807) is 0 Å². The molecule has 0 saturated heterocycles. The van der Waals surface area contributed by atoms with Crippen molar-refractivity contribution in [2.24, 2.45) is 0 Å². The van der Waals surface area contributed by atoms with Crippen LogP contribution in [0.3, 0.4) is 0 Å². The van der Waals surface area contributed by atoms with E-state index in [0.29, 0.717) is 0 Å². The second-order valence-electron chi connectivity index (χ2n) is 2.78. The van der Waals surface area contributed by atoms with Crippen LogP contribution in [0.25, 0.3) is 0 Å². The van der Waals surface area contributed by atoms with Gasteiger partial charge in [0.2, 0.25) is 0 Å². The SMILES string of the molecule is [C]#CC(C)c1ccc(C)cc1. The van der Waals surface area contributed by atoms with Crippen LogP contribution in [0.5, 0.6) is 0 Å². The van der Waals surface area contributed by atoms with Gasteiger partial charge in [0.15, 0.2) is 0 Å². The van der Waals surface area contributed by atoms with Gasteiger partial charge in [-0.25, -0.2) is 0 Å². The third-order valence-electron chi connectivity index (χ3n) is 1.79. The molecule has 0 bridgehead atoms. The Morgan fingerprint density at radius 1 is 1.27 bits per heavy atom. The zero-order valence-corrected chi connectivity index (χ0v) is 6.89. The second-order valence-corrected chi connectivity index (χ2v) is 2.78. The van der Waals surface area contributed by atoms with E-state index in [1.807, 2.05) is 19.1 Å². The van der Waals surface area contributed by atoms with Gasteiger partial charge in [-0.05, 0) is 25.8 Å². The molecule has 1 radical (unpaired) electrons. The Morgan fingerprint density at radius 2 is 1.82 bits per heavy atom. The fourth-order valence-corrected chi connectivity index (χ4v) is 0.938. The molecule has 55 valence electrons. The molecule has 1 aromatic rings. The second kappa shape index (κ2) is 3.25. The van der Waals surface area contributed by atoms with Crippen molar-refractivity contribution in [2.45, 2.75) is 19.8 Å². The predicted octanol–water partition coefficient (Wildman–Crippen LogP) is 2.69. The lowest BCUT2D eigenvalue weighted by Crippen LogP contribution is -1.87. The summed E-state index contributed by atoms with van der Waals surface area (Å²) in [5.74, 6) is 2.57. The summed E-state index contributed by atoms with van der Waals surface area (Å²) in [6, 6.07) is 8.20. The van der Waals surface area contributed by atoms with Gasteiger partial charge in [0.1, 0.15) is 0 Å². The highest BCUT2D eigenvalue weighted by molar-refractivity contribution is 5.27. The number of benzene rings is 1. The molecule has 0 heterocycles. The molecule has 1 unspecified atom stereocenters. The van der Waals surface area contributed by atoms with Crippen LogP contribution in [0, 0.1) is 19.3 Å². The van der Waals surface area contributed by atoms with Gasteiger partial charge >= 0.3 is 0 Å². The molecular formula is C11H11. The first-order valence-corrected chi connectivity index (χ1v) is 3.73. The van der Waals surface area contributed by atoms with Crippen molar-refractivity contribution in [2.75, 3.05) is 0 Å². The largest absolute Gasteiger partial charge is 0.0812 e. The van der Waals surface area contributed by atoms with Gasteiger partial charge < -0.3 is 0 Å². The fourth-order valence-electron chi connectivity index (χ4n) is 0.938. The van der Waals surface area contributed by atoms with Gasteiger partial charge in [-0.1, -0.05) is 35.7 Å². The minimum Gasteiger partial charge on any atom is -0.0812 e. The van der Waals surface area contributed by atoms with Crippen molar-refractivity contribution in [3.8, 4) is 5.92 Å². The number of aryl methyl sites for hydroxylation is 1. The van der Waals surface area contributed by atoms with E-state index in [4.69, 9.17) is 6.42 Å². The molecule has 0 aliphatic heterocycles. The molecule has 0 saturated carbocycles. The first-order valence-electron chi connectivity index (χ1n) is 3.73. The fraction of sp³-hybridized carbons (Fsp3) is 0.273. The number of hydrogen-bond donors (Lipinski definition) is 0. The van der Waals surface area contributed by atoms with Crippen molar-refractivity contribution in [3.63, 3.8) is 0 Å². The highest BCUT2D eigenvalue weighted by atomic mass is 14.0. The van der Waals surface area contributed by atoms with Crippen molar-refractivity contribution >= 4 is 0 Å². The topological polar surface area (TPSA) is 0 Å². The zero-order chi connectivity index (χ0) is 8.27. The number of rotatable bonds is 1. The maximum Gasteiger partial charge on any atom is 0.0434 e. The third-order valence-corrected chi connectivity index (χ3v) is 1.79. The quantitative estimate of drug-likeness (QED) is 0.530. The lowest BCUT2D eigenvalue weighted by Gasteiger charge is -2.02. The smallest absolute Gasteiger partial charge is 0.0434 e. The summed E-state index contributed by atoms with van der Waals surface area (Å²) in [5, 5.41) is 0. The molecule has 0 amide bonds. The standard InChI is InChI=1S/C11H11/c1-4-10(3)11-7-5-9(2)6-8-11/h5-8,10H,2-3H3. The van der Waals surface area contributed by atoms with E-state index in [9.17, 15) is 0 Å². The van der Waals surface area contributed by atoms with Gasteiger partial charge in [0, 0.05) is 5.92 Å². The molecule has 0 aromatic heterocycles. The molecule has 0 nitrogen and oxygen atoms in total. The summed E-state index contributed by atoms with van der Waals surface area (Å²) in [6.07, 6.45) is 6.95. The maximum absolute atomic E-state index is 6.95. The van der Waals surface area contributed by atoms with E-state index in [-0.39, 0.29) is 5.92 Å². The lowest BCUT2D eigenvalue weighted by atomic mass is 10.0. The Kier molecular flexibility index (Phi) is 2.33. The molecule has 0 aliphatic rings. The summed E-state index contributed by atoms with van der Waals surface area (Å²) < 4.78 is 0. The zero-order valence-electron chi connectivity index (χ0n) is 6.89. The van der Waals surface area contributed by atoms with Crippen LogP contribution in [-0.2, 0) is 0 Å². The van der Waals surface area contributed by atoms with E-state index >= 15 is 0 Å². The summed E-state index contributed by atoms with van der Waals surface area (Å²) in [5.41, 5.74) is 2.41. The van der Waals surface area contributed by atoms with Gasteiger partial charge in [-0.3, -0.25) is 0 Å². The molecule has 1 rings (SSSR count). The average Bonchev–Trinajstić information content (AvgIpc) is 2.05. The number of hydrogen-bond acceptors (Lipinski definition) is 0. The highest BCUT2D eigenvalue weighted by Crippen LogP contribution is 2.13. The van der Waals surface area contributed by atoms with Crippen LogP contribution >= 0.6 is 0 Å². The first-order chi connectivity index (χ1) is 5.24. The summed E-state index contributed by atoms with van der Waals surface area (Å²) in [7, 11) is 0. The van der Waals surface area contributed by atoms with E-state index < -0.39 is 0 Å². The van der Waals surface area contributed by atoms with Gasteiger partial charge in [0.25, 0.3) is 0 Å². The van der Waals surface area contributed by atoms with E-state index in [2.05, 4.69) is 25.0 Å². The first kappa shape index (κ1) is 7.88. The normalized spacial score (nSPS) is 12.1.